The Balaban J connectivity index is 1.76. The number of nitrogens with two attached hydrogens (primary N) is 1. The molecule has 0 bridgehead atoms. The van der Waals surface area contributed by atoms with E-state index in [0.717, 1.165) is 0 Å². The molecule has 0 saturated carbocycles. The predicted molar refractivity (Wildman–Crippen MR) is 98.0 cm³/mol. The third kappa shape index (κ3) is 6.07. The summed E-state index contributed by atoms with van der Waals surface area (Å²) in [6.45, 7) is 0.0276. The maximum atomic E-state index is 11.7. The molecule has 10 nitrogen and oxygen atoms in total. The van der Waals surface area contributed by atoms with E-state index in [1.807, 2.05) is 0 Å². The minimum absolute atomic E-state index is 0.0146. The van der Waals surface area contributed by atoms with Gasteiger partial charge in [-0.2, -0.15) is 0 Å². The highest BCUT2D eigenvalue weighted by Gasteiger charge is 2.16. The standard InChI is InChI=1S/C12H12Cl2N6O4S2/c13-7-2-1-6(5-8(7)14)17-10(22)16-4-3-9(21)18-11-19-20-12(25-11)26(15,23)24/h1-2,5H,3-4H2,(H2,15,23,24)(H2,16,17,22)(H,18,19,21). The number of hydrogen-bond donors (Lipinski definition) is 4. The molecule has 0 aliphatic carbocycles. The quantitative estimate of drug-likeness (QED) is 0.502. The number of aromatic nitrogens is 2. The smallest absolute Gasteiger partial charge is 0.319 e. The Morgan fingerprint density at radius 1 is 1.15 bits per heavy atom. The minimum Gasteiger partial charge on any atom is -0.337 e. The molecule has 0 radical (unpaired) electrons. The Kier molecular flexibility index (Phi) is 6.72. The number of nitrogens with one attached hydrogen (secondary N) is 3. The van der Waals surface area contributed by atoms with Crippen LogP contribution in [0.4, 0.5) is 15.6 Å². The molecule has 0 aliphatic heterocycles. The Bertz CT molecular complexity index is 934. The topological polar surface area (TPSA) is 156 Å². The number of rotatable bonds is 6. The zero-order chi connectivity index (χ0) is 19.3. The van der Waals surface area contributed by atoms with E-state index in [9.17, 15) is 18.0 Å². The molecule has 26 heavy (non-hydrogen) atoms. The fourth-order valence-electron chi connectivity index (χ4n) is 1.60. The summed E-state index contributed by atoms with van der Waals surface area (Å²) in [5.74, 6) is -0.489. The molecule has 0 saturated heterocycles. The zero-order valence-corrected chi connectivity index (χ0v) is 16.0. The first-order valence-corrected chi connectivity index (χ1v) is 9.93. The van der Waals surface area contributed by atoms with Gasteiger partial charge in [-0.15, -0.1) is 10.2 Å². The van der Waals surface area contributed by atoms with Crippen LogP contribution in [-0.2, 0) is 14.8 Å². The Morgan fingerprint density at radius 3 is 2.50 bits per heavy atom. The molecule has 5 N–H and O–H groups in total. The first kappa shape index (κ1) is 20.3. The number of nitrogens with zero attached hydrogens (tertiary/aromatic N) is 2. The van der Waals surface area contributed by atoms with E-state index in [1.165, 1.54) is 12.1 Å². The average molecular weight is 439 g/mol. The number of carbonyl (C=O) groups is 2. The van der Waals surface area contributed by atoms with E-state index >= 15 is 0 Å². The maximum Gasteiger partial charge on any atom is 0.319 e. The third-order valence-corrected chi connectivity index (χ3v) is 5.60. The molecular weight excluding hydrogens is 427 g/mol. The van der Waals surface area contributed by atoms with Gasteiger partial charge in [0, 0.05) is 18.7 Å². The number of benzene rings is 1. The van der Waals surface area contributed by atoms with Crippen molar-refractivity contribution < 1.29 is 18.0 Å². The van der Waals surface area contributed by atoms with Crippen molar-refractivity contribution in [2.45, 2.75) is 10.8 Å². The van der Waals surface area contributed by atoms with Gasteiger partial charge in [-0.25, -0.2) is 18.4 Å². The summed E-state index contributed by atoms with van der Waals surface area (Å²) in [6.07, 6.45) is -0.0704. The van der Waals surface area contributed by atoms with E-state index < -0.39 is 26.3 Å². The van der Waals surface area contributed by atoms with Gasteiger partial charge in [0.1, 0.15) is 0 Å². The number of urea groups is 1. The van der Waals surface area contributed by atoms with Crippen molar-refractivity contribution in [3.8, 4) is 0 Å². The second-order valence-electron chi connectivity index (χ2n) is 4.73. The number of primary sulfonamides is 1. The number of anilines is 2. The fourth-order valence-corrected chi connectivity index (χ4v) is 3.24. The molecule has 0 fully saturated rings. The predicted octanol–water partition coefficient (Wildman–Crippen LogP) is 1.64. The Morgan fingerprint density at radius 2 is 1.88 bits per heavy atom. The van der Waals surface area contributed by atoms with Crippen LogP contribution < -0.4 is 21.1 Å². The fraction of sp³-hybridized carbons (Fsp3) is 0.167. The molecular formula is C12H12Cl2N6O4S2. The van der Waals surface area contributed by atoms with Crippen LogP contribution in [0, 0.1) is 0 Å². The Hall–Kier alpha value is -1.99. The number of sulfonamides is 1. The summed E-state index contributed by atoms with van der Waals surface area (Å²) in [4.78, 5) is 23.5. The van der Waals surface area contributed by atoms with Gasteiger partial charge in [-0.05, 0) is 18.2 Å². The lowest BCUT2D eigenvalue weighted by Crippen LogP contribution is -2.31. The number of halogens is 2. The van der Waals surface area contributed by atoms with Gasteiger partial charge in [0.05, 0.1) is 10.0 Å². The van der Waals surface area contributed by atoms with Crippen LogP contribution in [0.25, 0.3) is 0 Å². The first-order chi connectivity index (χ1) is 12.1. The van der Waals surface area contributed by atoms with Crippen LogP contribution >= 0.6 is 34.5 Å². The normalized spacial score (nSPS) is 11.0. The lowest BCUT2D eigenvalue weighted by Gasteiger charge is -2.08. The summed E-state index contributed by atoms with van der Waals surface area (Å²) in [5, 5.41) is 19.7. The zero-order valence-electron chi connectivity index (χ0n) is 12.8. The van der Waals surface area contributed by atoms with Crippen LogP contribution in [-0.4, -0.2) is 37.1 Å². The van der Waals surface area contributed by atoms with Crippen molar-refractivity contribution in [3.63, 3.8) is 0 Å². The van der Waals surface area contributed by atoms with Crippen molar-refractivity contribution in [3.05, 3.63) is 28.2 Å². The van der Waals surface area contributed by atoms with Crippen molar-refractivity contribution in [2.75, 3.05) is 17.2 Å². The molecule has 0 unspecified atom stereocenters. The molecule has 1 heterocycles. The van der Waals surface area contributed by atoms with Gasteiger partial charge < -0.3 is 16.0 Å². The first-order valence-electron chi connectivity index (χ1n) is 6.81. The summed E-state index contributed by atoms with van der Waals surface area (Å²) >= 11 is 12.2. The summed E-state index contributed by atoms with van der Waals surface area (Å²) in [7, 11) is -3.97. The van der Waals surface area contributed by atoms with Crippen molar-refractivity contribution in [1.29, 1.82) is 0 Å². The number of carbonyl (C=O) groups excluding carboxylic acids is 2. The highest BCUT2D eigenvalue weighted by atomic mass is 35.5. The molecule has 0 spiro atoms. The van der Waals surface area contributed by atoms with Crippen LogP contribution in [0.3, 0.4) is 0 Å². The molecule has 140 valence electrons. The number of amides is 3. The van der Waals surface area contributed by atoms with Gasteiger partial charge >= 0.3 is 6.03 Å². The van der Waals surface area contributed by atoms with E-state index in [2.05, 4.69) is 26.1 Å². The molecule has 1 aromatic heterocycles. The average Bonchev–Trinajstić information content (AvgIpc) is 2.99. The van der Waals surface area contributed by atoms with Gasteiger partial charge in [-0.1, -0.05) is 34.5 Å². The molecule has 0 aliphatic rings. The monoisotopic (exact) mass is 438 g/mol. The van der Waals surface area contributed by atoms with Crippen molar-refractivity contribution >= 4 is 67.3 Å². The molecule has 3 amide bonds. The molecule has 1 aromatic carbocycles. The van der Waals surface area contributed by atoms with Gasteiger partial charge in [0.15, 0.2) is 0 Å². The SMILES string of the molecule is NS(=O)(=O)c1nnc(NC(=O)CCNC(=O)Nc2ccc(Cl)c(Cl)c2)s1. The van der Waals surface area contributed by atoms with Gasteiger partial charge in [0.25, 0.3) is 10.0 Å². The molecule has 2 aromatic rings. The second-order valence-corrected chi connectivity index (χ2v) is 8.25. The van der Waals surface area contributed by atoms with E-state index in [-0.39, 0.29) is 18.1 Å². The summed E-state index contributed by atoms with van der Waals surface area (Å²) in [5.41, 5.74) is 0.436. The third-order valence-electron chi connectivity index (χ3n) is 2.71. The van der Waals surface area contributed by atoms with Crippen molar-refractivity contribution in [2.24, 2.45) is 5.14 Å². The van der Waals surface area contributed by atoms with E-state index in [1.54, 1.807) is 6.07 Å². The second kappa shape index (κ2) is 8.60. The molecule has 2 rings (SSSR count). The van der Waals surface area contributed by atoms with Crippen LogP contribution in [0.5, 0.6) is 0 Å². The van der Waals surface area contributed by atoms with E-state index in [0.29, 0.717) is 27.1 Å². The van der Waals surface area contributed by atoms with Crippen LogP contribution in [0.15, 0.2) is 22.5 Å². The van der Waals surface area contributed by atoms with Crippen LogP contribution in [0.2, 0.25) is 10.0 Å². The highest BCUT2D eigenvalue weighted by molar-refractivity contribution is 7.91. The van der Waals surface area contributed by atoms with Crippen LogP contribution in [0.1, 0.15) is 6.42 Å². The Labute approximate surface area is 162 Å². The molecule has 0 atom stereocenters. The summed E-state index contributed by atoms with van der Waals surface area (Å²) in [6, 6.07) is 4.04. The van der Waals surface area contributed by atoms with E-state index in [4.69, 9.17) is 28.3 Å². The maximum absolute atomic E-state index is 11.7. The lowest BCUT2D eigenvalue weighted by molar-refractivity contribution is -0.116. The lowest BCUT2D eigenvalue weighted by atomic mass is 10.3. The highest BCUT2D eigenvalue weighted by Crippen LogP contribution is 2.24. The van der Waals surface area contributed by atoms with Gasteiger partial charge in [-0.3, -0.25) is 4.79 Å². The largest absolute Gasteiger partial charge is 0.337 e. The van der Waals surface area contributed by atoms with Gasteiger partial charge in [0.2, 0.25) is 15.4 Å². The minimum atomic E-state index is -3.97. The molecule has 14 heteroatoms. The summed E-state index contributed by atoms with van der Waals surface area (Å²) < 4.78 is 21.7. The number of hydrogen-bond acceptors (Lipinski definition) is 7. The van der Waals surface area contributed by atoms with Crippen molar-refractivity contribution in [1.82, 2.24) is 15.5 Å².